The molecule has 2 N–H and O–H groups in total. The zero-order chi connectivity index (χ0) is 25.1. The van der Waals surface area contributed by atoms with E-state index in [-0.39, 0.29) is 17.4 Å². The zero-order valence-corrected chi connectivity index (χ0v) is 21.9. The van der Waals surface area contributed by atoms with Crippen LogP contribution in [0.3, 0.4) is 0 Å². The van der Waals surface area contributed by atoms with Gasteiger partial charge in [-0.05, 0) is 80.8 Å². The number of benzene rings is 1. The molecule has 0 radical (unpaired) electrons. The molecule has 5 aliphatic rings. The number of hydrogen-bond acceptors (Lipinski definition) is 6. The predicted octanol–water partition coefficient (Wildman–Crippen LogP) is 4.09. The van der Waals surface area contributed by atoms with Gasteiger partial charge in [0.2, 0.25) is 0 Å². The quantitative estimate of drug-likeness (QED) is 0.471. The number of hydrogen-bond donors (Lipinski definition) is 2. The van der Waals surface area contributed by atoms with E-state index in [4.69, 9.17) is 16.3 Å². The summed E-state index contributed by atoms with van der Waals surface area (Å²) in [4.78, 5) is 9.98. The Morgan fingerprint density at radius 3 is 2.78 bits per heavy atom. The van der Waals surface area contributed by atoms with Crippen LogP contribution < -0.4 is 0 Å². The van der Waals surface area contributed by atoms with Gasteiger partial charge in [0.05, 0.1) is 27.7 Å². The van der Waals surface area contributed by atoms with Crippen molar-refractivity contribution in [2.24, 2.45) is 11.3 Å². The number of nitrogens with zero attached hydrogens (tertiary/aromatic N) is 3. The van der Waals surface area contributed by atoms with Crippen LogP contribution in [0.5, 0.6) is 0 Å². The molecule has 3 fully saturated rings. The van der Waals surface area contributed by atoms with Crippen molar-refractivity contribution in [1.29, 1.82) is 0 Å². The number of likely N-dealkylation sites (N-methyl/N-ethyl adjacent to an activating group) is 1. The maximum absolute atomic E-state index is 11.2. The Balaban J connectivity index is 1.30. The topological polar surface area (TPSA) is 78.7 Å². The van der Waals surface area contributed by atoms with Gasteiger partial charge in [0.25, 0.3) is 0 Å². The first-order valence-electron chi connectivity index (χ1n) is 13.2. The van der Waals surface area contributed by atoms with Crippen LogP contribution in [0, 0.1) is 11.3 Å². The molecule has 7 heteroatoms. The summed E-state index contributed by atoms with van der Waals surface area (Å²) in [5.41, 5.74) is 3.22. The molecule has 8 unspecified atom stereocenters. The fourth-order valence-electron chi connectivity index (χ4n) is 8.57. The Morgan fingerprint density at radius 2 is 1.97 bits per heavy atom. The molecule has 1 aromatic carbocycles. The lowest BCUT2D eigenvalue weighted by atomic mass is 9.54. The Morgan fingerprint density at radius 1 is 1.14 bits per heavy atom. The van der Waals surface area contributed by atoms with E-state index < -0.39 is 28.3 Å². The van der Waals surface area contributed by atoms with Crippen molar-refractivity contribution in [3.63, 3.8) is 0 Å². The monoisotopic (exact) mass is 507 g/mol. The second-order valence-electron chi connectivity index (χ2n) is 12.2. The van der Waals surface area contributed by atoms with Crippen molar-refractivity contribution in [3.8, 4) is 0 Å². The number of rotatable bonds is 2. The van der Waals surface area contributed by atoms with E-state index in [0.717, 1.165) is 48.6 Å². The highest BCUT2D eigenvalue weighted by Gasteiger charge is 2.73. The maximum Gasteiger partial charge on any atom is 0.116 e. The van der Waals surface area contributed by atoms with Gasteiger partial charge in [-0.25, -0.2) is 9.97 Å². The lowest BCUT2D eigenvalue weighted by Crippen LogP contribution is -2.68. The highest BCUT2D eigenvalue weighted by atomic mass is 35.5. The van der Waals surface area contributed by atoms with Crippen LogP contribution in [0.1, 0.15) is 51.0 Å². The van der Waals surface area contributed by atoms with Crippen LogP contribution >= 0.6 is 11.6 Å². The fourth-order valence-corrected chi connectivity index (χ4v) is 9.05. The largest absolute Gasteiger partial charge is 0.388 e. The smallest absolute Gasteiger partial charge is 0.116 e. The van der Waals surface area contributed by atoms with Gasteiger partial charge in [-0.3, -0.25) is 0 Å². The molecule has 2 bridgehead atoms. The molecule has 3 heterocycles. The van der Waals surface area contributed by atoms with E-state index in [1.54, 1.807) is 6.33 Å². The van der Waals surface area contributed by atoms with Crippen molar-refractivity contribution < 1.29 is 14.9 Å². The molecule has 1 aromatic heterocycles. The summed E-state index contributed by atoms with van der Waals surface area (Å²) in [7, 11) is 3.93. The molecule has 3 aliphatic carbocycles. The summed E-state index contributed by atoms with van der Waals surface area (Å²) < 4.78 is 7.26. The van der Waals surface area contributed by atoms with Gasteiger partial charge >= 0.3 is 0 Å². The Kier molecular flexibility index (Phi) is 4.78. The first-order chi connectivity index (χ1) is 17.1. The molecule has 7 rings (SSSR count). The van der Waals surface area contributed by atoms with E-state index in [1.807, 2.05) is 25.2 Å². The molecule has 2 aromatic rings. The van der Waals surface area contributed by atoms with Crippen molar-refractivity contribution >= 4 is 28.1 Å². The van der Waals surface area contributed by atoms with Crippen LogP contribution in [-0.4, -0.2) is 73.5 Å². The number of alkyl halides is 1. The molecule has 6 nitrogen and oxygen atoms in total. The fraction of sp³-hybridized carbons (Fsp3) is 0.586. The molecule has 190 valence electrons. The van der Waals surface area contributed by atoms with Gasteiger partial charge in [-0.2, -0.15) is 0 Å². The summed E-state index contributed by atoms with van der Waals surface area (Å²) in [6, 6.07) is 6.33. The van der Waals surface area contributed by atoms with Gasteiger partial charge in [-0.1, -0.05) is 31.2 Å². The van der Waals surface area contributed by atoms with Crippen molar-refractivity contribution in [1.82, 2.24) is 14.9 Å². The van der Waals surface area contributed by atoms with Gasteiger partial charge in [-0.15, -0.1) is 11.6 Å². The third kappa shape index (κ3) is 2.77. The summed E-state index contributed by atoms with van der Waals surface area (Å²) >= 11 is 7.54. The molecule has 1 saturated heterocycles. The minimum absolute atomic E-state index is 0.0658. The van der Waals surface area contributed by atoms with Crippen molar-refractivity contribution in [2.45, 2.75) is 79.8 Å². The van der Waals surface area contributed by atoms with E-state index in [0.29, 0.717) is 6.42 Å². The second kappa shape index (κ2) is 7.39. The minimum atomic E-state index is -0.956. The van der Waals surface area contributed by atoms with Crippen LogP contribution in [0.25, 0.3) is 16.5 Å². The Labute approximate surface area is 217 Å². The van der Waals surface area contributed by atoms with Crippen LogP contribution in [0.15, 0.2) is 48.4 Å². The second-order valence-corrected chi connectivity index (χ2v) is 12.9. The van der Waals surface area contributed by atoms with Crippen molar-refractivity contribution in [3.05, 3.63) is 54.0 Å². The normalized spacial score (nSPS) is 45.2. The van der Waals surface area contributed by atoms with Crippen LogP contribution in [-0.2, 0) is 4.74 Å². The third-order valence-corrected chi connectivity index (χ3v) is 11.1. The lowest BCUT2D eigenvalue weighted by Gasteiger charge is -2.61. The number of aliphatic hydroxyl groups is 2. The van der Waals surface area contributed by atoms with Gasteiger partial charge < -0.3 is 19.8 Å². The van der Waals surface area contributed by atoms with Crippen LogP contribution in [0.2, 0.25) is 0 Å². The highest BCUT2D eigenvalue weighted by Crippen LogP contribution is 2.71. The number of ether oxygens (including phenoxy) is 1. The van der Waals surface area contributed by atoms with Gasteiger partial charge in [0.1, 0.15) is 12.4 Å². The molecule has 2 spiro atoms. The zero-order valence-electron chi connectivity index (χ0n) is 21.1. The Bertz CT molecular complexity index is 1330. The van der Waals surface area contributed by atoms with E-state index in [2.05, 4.69) is 47.2 Å². The van der Waals surface area contributed by atoms with E-state index in [1.165, 1.54) is 11.1 Å². The minimum Gasteiger partial charge on any atom is -0.388 e. The number of fused-ring (bicyclic) bond motifs is 2. The highest BCUT2D eigenvalue weighted by molar-refractivity contribution is 6.26. The molecule has 36 heavy (non-hydrogen) atoms. The first-order valence-corrected chi connectivity index (χ1v) is 13.6. The SMILES string of the molecule is CN(C)C1CC23CCC4(O2)C2CC=C(c5ccc6cncnc6c5)C2(C)CCC4(Cl)C=C3C(O)C1O. The number of aromatic nitrogens is 2. The molecular weight excluding hydrogens is 474 g/mol. The predicted molar refractivity (Wildman–Crippen MR) is 140 cm³/mol. The molecule has 2 aliphatic heterocycles. The average molecular weight is 508 g/mol. The summed E-state index contributed by atoms with van der Waals surface area (Å²) in [5, 5.41) is 23.2. The number of allylic oxidation sites excluding steroid dienone is 2. The summed E-state index contributed by atoms with van der Waals surface area (Å²) in [6.45, 7) is 2.39. The lowest BCUT2D eigenvalue weighted by molar-refractivity contribution is -0.199. The summed E-state index contributed by atoms with van der Waals surface area (Å²) in [6.07, 6.45) is 11.2. The number of aliphatic hydroxyl groups excluding tert-OH is 2. The Hall–Kier alpha value is -1.83. The average Bonchev–Trinajstić information content (AvgIpc) is 3.39. The van der Waals surface area contributed by atoms with E-state index >= 15 is 0 Å². The molecular formula is C29H34ClN3O3. The van der Waals surface area contributed by atoms with Gasteiger partial charge in [0, 0.05) is 23.5 Å². The van der Waals surface area contributed by atoms with Crippen molar-refractivity contribution in [2.75, 3.05) is 14.1 Å². The number of halogens is 1. The van der Waals surface area contributed by atoms with Gasteiger partial charge in [0.15, 0.2) is 0 Å². The first kappa shape index (κ1) is 23.3. The molecule has 2 saturated carbocycles. The molecule has 0 amide bonds. The standard InChI is InChI=1S/C29H34ClN3O3/c1-26-8-10-28(30)13-20-24(34)25(35)22(33(2)3)14-27(20)9-11-29(28,36-27)23(26)7-6-19(26)17-4-5-18-15-31-16-32-21(18)12-17/h4-6,12-13,15-16,22-25,34-35H,7-11,14H2,1-3H3. The van der Waals surface area contributed by atoms with E-state index in [9.17, 15) is 10.2 Å². The summed E-state index contributed by atoms with van der Waals surface area (Å²) in [5.74, 6) is 0.242. The maximum atomic E-state index is 11.2. The molecule has 8 atom stereocenters. The third-order valence-electron chi connectivity index (χ3n) is 10.5. The van der Waals surface area contributed by atoms with Crippen LogP contribution in [0.4, 0.5) is 0 Å².